The van der Waals surface area contributed by atoms with Crippen LogP contribution >= 0.6 is 0 Å². The molecule has 0 fully saturated rings. The van der Waals surface area contributed by atoms with E-state index in [-0.39, 0.29) is 5.82 Å². The minimum Gasteiger partial charge on any atom is -0.247 e. The molecule has 3 aromatic carbocycles. The molecule has 0 aliphatic heterocycles. The van der Waals surface area contributed by atoms with E-state index in [4.69, 9.17) is 4.98 Å². The van der Waals surface area contributed by atoms with Crippen LogP contribution in [0.5, 0.6) is 0 Å². The van der Waals surface area contributed by atoms with E-state index >= 15 is 0 Å². The second-order valence-corrected chi connectivity index (χ2v) is 6.01. The summed E-state index contributed by atoms with van der Waals surface area (Å²) in [6.45, 7) is 4.09. The molecule has 23 heavy (non-hydrogen) atoms. The van der Waals surface area contributed by atoms with Crippen LogP contribution in [-0.2, 0) is 0 Å². The molecule has 4 aromatic rings. The van der Waals surface area contributed by atoms with E-state index in [1.165, 1.54) is 11.6 Å². The van der Waals surface area contributed by atoms with E-state index in [0.29, 0.717) is 11.1 Å². The van der Waals surface area contributed by atoms with Gasteiger partial charge in [0.05, 0.1) is 11.2 Å². The Morgan fingerprint density at radius 1 is 0.783 bits per heavy atom. The number of benzene rings is 3. The lowest BCUT2D eigenvalue weighted by atomic mass is 9.98. The first-order valence-electron chi connectivity index (χ1n) is 7.69. The molecule has 0 aliphatic carbocycles. The Morgan fingerprint density at radius 2 is 1.52 bits per heavy atom. The Labute approximate surface area is 134 Å². The van der Waals surface area contributed by atoms with Crippen molar-refractivity contribution in [1.82, 2.24) is 4.98 Å². The lowest BCUT2D eigenvalue weighted by Gasteiger charge is -2.11. The summed E-state index contributed by atoms with van der Waals surface area (Å²) in [5.41, 5.74) is 4.87. The van der Waals surface area contributed by atoms with Crippen molar-refractivity contribution in [2.45, 2.75) is 13.8 Å². The van der Waals surface area contributed by atoms with Crippen molar-refractivity contribution >= 4 is 21.7 Å². The van der Waals surface area contributed by atoms with Crippen molar-refractivity contribution in [3.8, 4) is 11.3 Å². The first kappa shape index (κ1) is 13.9. The van der Waals surface area contributed by atoms with Gasteiger partial charge < -0.3 is 0 Å². The molecule has 0 aliphatic rings. The Balaban J connectivity index is 2.18. The van der Waals surface area contributed by atoms with Gasteiger partial charge in [-0.2, -0.15) is 0 Å². The molecule has 0 N–H and O–H groups in total. The van der Waals surface area contributed by atoms with Crippen LogP contribution in [0.4, 0.5) is 4.39 Å². The highest BCUT2D eigenvalue weighted by molar-refractivity contribution is 6.11. The van der Waals surface area contributed by atoms with Crippen molar-refractivity contribution in [3.05, 3.63) is 77.6 Å². The fourth-order valence-corrected chi connectivity index (χ4v) is 3.05. The molecule has 2 heteroatoms. The normalized spacial score (nSPS) is 11.3. The lowest BCUT2D eigenvalue weighted by Crippen LogP contribution is -1.93. The maximum atomic E-state index is 14.6. The minimum absolute atomic E-state index is 0.229. The second kappa shape index (κ2) is 5.17. The monoisotopic (exact) mass is 301 g/mol. The highest BCUT2D eigenvalue weighted by Gasteiger charge is 2.13. The van der Waals surface area contributed by atoms with E-state index in [2.05, 4.69) is 6.07 Å². The average Bonchev–Trinajstić information content (AvgIpc) is 2.54. The summed E-state index contributed by atoms with van der Waals surface area (Å²) in [6, 6.07) is 19.4. The highest BCUT2D eigenvalue weighted by atomic mass is 19.1. The van der Waals surface area contributed by atoms with E-state index in [1.807, 2.05) is 56.3 Å². The third-order valence-corrected chi connectivity index (χ3v) is 4.25. The Morgan fingerprint density at radius 3 is 2.30 bits per heavy atom. The number of aromatic nitrogens is 1. The predicted octanol–water partition coefficient (Wildman–Crippen LogP) is 5.81. The van der Waals surface area contributed by atoms with E-state index in [1.54, 1.807) is 6.07 Å². The average molecular weight is 301 g/mol. The zero-order valence-corrected chi connectivity index (χ0v) is 13.1. The van der Waals surface area contributed by atoms with Crippen LogP contribution in [0.25, 0.3) is 32.9 Å². The quantitative estimate of drug-likeness (QED) is 0.404. The number of aryl methyl sites for hydroxylation is 2. The Bertz CT molecular complexity index is 1030. The van der Waals surface area contributed by atoms with Crippen LogP contribution in [0, 0.1) is 19.7 Å². The first-order valence-corrected chi connectivity index (χ1v) is 7.69. The number of halogens is 1. The van der Waals surface area contributed by atoms with Crippen molar-refractivity contribution in [2.24, 2.45) is 0 Å². The van der Waals surface area contributed by atoms with Crippen LogP contribution in [0.15, 0.2) is 60.7 Å². The molecule has 1 nitrogen and oxygen atoms in total. The zero-order valence-electron chi connectivity index (χ0n) is 13.1. The standard InChI is InChI=1S/C21H16FN/c1-13-6-9-15(10-7-13)21-20-17(4-3-5-18(20)22)16-11-8-14(2)12-19(16)23-21/h3-12H,1-2H3. The summed E-state index contributed by atoms with van der Waals surface area (Å²) in [4.78, 5) is 4.78. The topological polar surface area (TPSA) is 12.9 Å². The molecule has 0 saturated heterocycles. The third kappa shape index (κ3) is 2.27. The zero-order chi connectivity index (χ0) is 16.0. The summed E-state index contributed by atoms with van der Waals surface area (Å²) in [6.07, 6.45) is 0. The summed E-state index contributed by atoms with van der Waals surface area (Å²) in [5.74, 6) is -0.229. The largest absolute Gasteiger partial charge is 0.247 e. The van der Waals surface area contributed by atoms with Gasteiger partial charge in [-0.3, -0.25) is 0 Å². The van der Waals surface area contributed by atoms with Gasteiger partial charge in [-0.25, -0.2) is 9.37 Å². The SMILES string of the molecule is Cc1ccc(-c2nc3cc(C)ccc3c3cccc(F)c23)cc1. The number of hydrogen-bond donors (Lipinski definition) is 0. The van der Waals surface area contributed by atoms with Crippen LogP contribution in [0.1, 0.15) is 11.1 Å². The van der Waals surface area contributed by atoms with Gasteiger partial charge in [0, 0.05) is 16.3 Å². The maximum Gasteiger partial charge on any atom is 0.133 e. The Kier molecular flexibility index (Phi) is 3.12. The van der Waals surface area contributed by atoms with Gasteiger partial charge in [0.25, 0.3) is 0 Å². The third-order valence-electron chi connectivity index (χ3n) is 4.25. The van der Waals surface area contributed by atoms with Crippen LogP contribution in [-0.4, -0.2) is 4.98 Å². The number of nitrogens with zero attached hydrogens (tertiary/aromatic N) is 1. The maximum absolute atomic E-state index is 14.6. The van der Waals surface area contributed by atoms with Gasteiger partial charge in [-0.15, -0.1) is 0 Å². The number of rotatable bonds is 1. The molecule has 0 atom stereocenters. The molecular formula is C21H16FN. The van der Waals surface area contributed by atoms with Gasteiger partial charge >= 0.3 is 0 Å². The van der Waals surface area contributed by atoms with Gasteiger partial charge in [-0.1, -0.05) is 54.1 Å². The van der Waals surface area contributed by atoms with Gasteiger partial charge in [0.15, 0.2) is 0 Å². The van der Waals surface area contributed by atoms with Gasteiger partial charge in [0.2, 0.25) is 0 Å². The van der Waals surface area contributed by atoms with Gasteiger partial charge in [-0.05, 0) is 36.9 Å². The van der Waals surface area contributed by atoms with E-state index < -0.39 is 0 Å². The van der Waals surface area contributed by atoms with Crippen molar-refractivity contribution in [1.29, 1.82) is 0 Å². The fraction of sp³-hybridized carbons (Fsp3) is 0.0952. The molecule has 0 unspecified atom stereocenters. The smallest absolute Gasteiger partial charge is 0.133 e. The van der Waals surface area contributed by atoms with Crippen molar-refractivity contribution < 1.29 is 4.39 Å². The molecular weight excluding hydrogens is 285 g/mol. The van der Waals surface area contributed by atoms with Gasteiger partial charge in [0.1, 0.15) is 5.82 Å². The van der Waals surface area contributed by atoms with Crippen LogP contribution in [0.3, 0.4) is 0 Å². The minimum atomic E-state index is -0.229. The lowest BCUT2D eigenvalue weighted by molar-refractivity contribution is 0.640. The summed E-state index contributed by atoms with van der Waals surface area (Å²) in [5, 5.41) is 2.49. The molecule has 0 radical (unpaired) electrons. The molecule has 0 saturated carbocycles. The second-order valence-electron chi connectivity index (χ2n) is 6.01. The molecule has 1 heterocycles. The summed E-state index contributed by atoms with van der Waals surface area (Å²) >= 11 is 0. The van der Waals surface area contributed by atoms with E-state index in [0.717, 1.165) is 27.4 Å². The number of hydrogen-bond acceptors (Lipinski definition) is 1. The number of pyridine rings is 1. The molecule has 0 amide bonds. The van der Waals surface area contributed by atoms with Crippen molar-refractivity contribution in [3.63, 3.8) is 0 Å². The van der Waals surface area contributed by atoms with Crippen LogP contribution in [0.2, 0.25) is 0 Å². The molecule has 112 valence electrons. The summed E-state index contributed by atoms with van der Waals surface area (Å²) in [7, 11) is 0. The van der Waals surface area contributed by atoms with E-state index in [9.17, 15) is 4.39 Å². The fourth-order valence-electron chi connectivity index (χ4n) is 3.05. The molecule has 4 rings (SSSR count). The molecule has 1 aromatic heterocycles. The number of fused-ring (bicyclic) bond motifs is 3. The predicted molar refractivity (Wildman–Crippen MR) is 94.1 cm³/mol. The Hall–Kier alpha value is -2.74. The first-order chi connectivity index (χ1) is 11.1. The molecule has 0 spiro atoms. The highest BCUT2D eigenvalue weighted by Crippen LogP contribution is 2.34. The summed E-state index contributed by atoms with van der Waals surface area (Å²) < 4.78 is 14.6. The van der Waals surface area contributed by atoms with Crippen LogP contribution < -0.4 is 0 Å². The molecule has 0 bridgehead atoms. The van der Waals surface area contributed by atoms with Crippen molar-refractivity contribution in [2.75, 3.05) is 0 Å².